The number of aromatic nitrogens is 1. The van der Waals surface area contributed by atoms with Crippen molar-refractivity contribution in [2.45, 2.75) is 45.6 Å². The van der Waals surface area contributed by atoms with Crippen LogP contribution < -0.4 is 5.32 Å². The maximum absolute atomic E-state index is 12.5. The van der Waals surface area contributed by atoms with Crippen molar-refractivity contribution in [1.82, 2.24) is 9.88 Å². The van der Waals surface area contributed by atoms with Gasteiger partial charge in [-0.25, -0.2) is 0 Å². The Morgan fingerprint density at radius 1 is 1.08 bits per heavy atom. The molecule has 5 nitrogen and oxygen atoms in total. The van der Waals surface area contributed by atoms with Crippen LogP contribution in [0, 0.1) is 5.92 Å². The average Bonchev–Trinajstić information content (AvgIpc) is 2.83. The predicted molar refractivity (Wildman–Crippen MR) is 156 cm³/mol. The van der Waals surface area contributed by atoms with Crippen molar-refractivity contribution in [3.8, 4) is 16.9 Å². The molecule has 0 aliphatic heterocycles. The van der Waals surface area contributed by atoms with E-state index in [0.29, 0.717) is 11.6 Å². The minimum Gasteiger partial charge on any atom is -0.505 e. The van der Waals surface area contributed by atoms with Crippen LogP contribution >= 0.6 is 48.0 Å². The number of phenolic OH excluding ortho intramolecular Hbond substituents is 1. The first-order chi connectivity index (χ1) is 16.3. The summed E-state index contributed by atoms with van der Waals surface area (Å²) in [6.07, 6.45) is 6.17. The SMILES string of the molecule is CCN(C)CC1CCC(Nc2c(C(C)=O)cnc3ccc(-c4cc(Cl)c(O)c(Cl)c4)cc23)CC1.Cl.Cl. The van der Waals surface area contributed by atoms with E-state index in [2.05, 4.69) is 29.2 Å². The largest absolute Gasteiger partial charge is 0.505 e. The average molecular weight is 573 g/mol. The molecule has 1 fully saturated rings. The van der Waals surface area contributed by atoms with Gasteiger partial charge in [0, 0.05) is 24.2 Å². The first kappa shape index (κ1) is 30.5. The van der Waals surface area contributed by atoms with Crippen molar-refractivity contribution >= 4 is 70.4 Å². The number of phenols is 1. The standard InChI is InChI=1S/C27H31Cl2N3O2.2ClH/c1-4-32(3)15-17-5-8-20(9-6-17)31-26-21-11-18(19-12-23(28)27(34)24(29)13-19)7-10-25(21)30-14-22(26)16(2)33;;/h7,10-14,17,20,34H,4-6,8-9,15H2,1-3H3,(H,30,31);2*1H. The number of nitrogens with zero attached hydrogens (tertiary/aromatic N) is 2. The molecule has 36 heavy (non-hydrogen) atoms. The zero-order chi connectivity index (χ0) is 24.4. The Kier molecular flexibility index (Phi) is 11.1. The summed E-state index contributed by atoms with van der Waals surface area (Å²) in [5, 5.41) is 14.9. The summed E-state index contributed by atoms with van der Waals surface area (Å²) >= 11 is 12.3. The summed E-state index contributed by atoms with van der Waals surface area (Å²) in [4.78, 5) is 19.4. The number of halogens is 4. The first-order valence-electron chi connectivity index (χ1n) is 11.8. The lowest BCUT2D eigenvalue weighted by atomic mass is 9.85. The molecule has 0 atom stereocenters. The lowest BCUT2D eigenvalue weighted by molar-refractivity contribution is 0.101. The number of carbonyl (C=O) groups is 1. The van der Waals surface area contributed by atoms with E-state index in [1.165, 1.54) is 12.8 Å². The Labute approximate surface area is 235 Å². The van der Waals surface area contributed by atoms with Crippen LogP contribution in [0.2, 0.25) is 10.0 Å². The van der Waals surface area contributed by atoms with Gasteiger partial charge in [-0.2, -0.15) is 0 Å². The molecule has 1 saturated carbocycles. The maximum Gasteiger partial charge on any atom is 0.163 e. The van der Waals surface area contributed by atoms with Gasteiger partial charge >= 0.3 is 0 Å². The fourth-order valence-corrected chi connectivity index (χ4v) is 5.28. The van der Waals surface area contributed by atoms with Crippen LogP contribution in [-0.4, -0.2) is 47.0 Å². The maximum atomic E-state index is 12.5. The van der Waals surface area contributed by atoms with Crippen molar-refractivity contribution in [2.24, 2.45) is 5.92 Å². The van der Waals surface area contributed by atoms with Crippen LogP contribution in [0.3, 0.4) is 0 Å². The molecular formula is C27H33Cl4N3O2. The second kappa shape index (κ2) is 13.2. The number of pyridine rings is 1. The highest BCUT2D eigenvalue weighted by molar-refractivity contribution is 6.37. The number of aromatic hydroxyl groups is 1. The van der Waals surface area contributed by atoms with Crippen molar-refractivity contribution in [3.05, 3.63) is 52.1 Å². The third-order valence-corrected chi connectivity index (χ3v) is 7.48. The Morgan fingerprint density at radius 3 is 2.31 bits per heavy atom. The zero-order valence-electron chi connectivity index (χ0n) is 20.7. The molecule has 1 aliphatic rings. The lowest BCUT2D eigenvalue weighted by Gasteiger charge is -2.32. The predicted octanol–water partition coefficient (Wildman–Crippen LogP) is 7.88. The molecule has 3 aromatic rings. The second-order valence-electron chi connectivity index (χ2n) is 9.34. The Balaban J connectivity index is 0.00000228. The third-order valence-electron chi connectivity index (χ3n) is 6.90. The van der Waals surface area contributed by atoms with Gasteiger partial charge in [0.05, 0.1) is 26.8 Å². The van der Waals surface area contributed by atoms with Gasteiger partial charge in [-0.1, -0.05) is 36.2 Å². The number of anilines is 1. The van der Waals surface area contributed by atoms with Crippen molar-refractivity contribution < 1.29 is 9.90 Å². The summed E-state index contributed by atoms with van der Waals surface area (Å²) in [5.74, 6) is 0.577. The van der Waals surface area contributed by atoms with E-state index in [1.54, 1.807) is 25.3 Å². The van der Waals surface area contributed by atoms with Gasteiger partial charge in [-0.15, -0.1) is 24.8 Å². The number of carbonyl (C=O) groups excluding carboxylic acids is 1. The molecule has 0 bridgehead atoms. The number of Topliss-reactive ketones (excluding diaryl/α,β-unsaturated/α-hetero) is 1. The highest BCUT2D eigenvalue weighted by Gasteiger charge is 2.24. The highest BCUT2D eigenvalue weighted by atomic mass is 35.5. The van der Waals surface area contributed by atoms with E-state index in [1.807, 2.05) is 18.2 Å². The summed E-state index contributed by atoms with van der Waals surface area (Å²) in [6, 6.07) is 9.58. The van der Waals surface area contributed by atoms with Gasteiger partial charge in [-0.3, -0.25) is 9.78 Å². The number of ketones is 1. The number of benzene rings is 2. The molecule has 2 N–H and O–H groups in total. The summed E-state index contributed by atoms with van der Waals surface area (Å²) < 4.78 is 0. The second-order valence-corrected chi connectivity index (χ2v) is 10.2. The molecule has 0 saturated heterocycles. The molecule has 0 unspecified atom stereocenters. The molecule has 1 aromatic heterocycles. The number of nitrogens with one attached hydrogen (secondary N) is 1. The van der Waals surface area contributed by atoms with Crippen LogP contribution in [-0.2, 0) is 0 Å². The molecule has 196 valence electrons. The van der Waals surface area contributed by atoms with Gasteiger partial charge in [0.25, 0.3) is 0 Å². The Morgan fingerprint density at radius 2 is 1.72 bits per heavy atom. The molecule has 0 spiro atoms. The number of rotatable bonds is 7. The van der Waals surface area contributed by atoms with E-state index >= 15 is 0 Å². The molecular weight excluding hydrogens is 540 g/mol. The monoisotopic (exact) mass is 571 g/mol. The molecule has 1 heterocycles. The van der Waals surface area contributed by atoms with Crippen molar-refractivity contribution in [1.29, 1.82) is 0 Å². The molecule has 0 radical (unpaired) electrons. The van der Waals surface area contributed by atoms with E-state index in [0.717, 1.165) is 59.6 Å². The smallest absolute Gasteiger partial charge is 0.163 e. The Hall–Kier alpha value is -1.76. The number of fused-ring (bicyclic) bond motifs is 1. The molecule has 4 rings (SSSR count). The fourth-order valence-electron chi connectivity index (χ4n) is 4.79. The molecule has 9 heteroatoms. The van der Waals surface area contributed by atoms with E-state index in [9.17, 15) is 9.90 Å². The molecule has 2 aromatic carbocycles. The van der Waals surface area contributed by atoms with E-state index in [-0.39, 0.29) is 46.4 Å². The zero-order valence-corrected chi connectivity index (χ0v) is 23.8. The summed E-state index contributed by atoms with van der Waals surface area (Å²) in [5.41, 5.74) is 3.91. The van der Waals surface area contributed by atoms with Gasteiger partial charge in [0.15, 0.2) is 11.5 Å². The van der Waals surface area contributed by atoms with Gasteiger partial charge in [0.1, 0.15) is 0 Å². The minimum absolute atomic E-state index is 0. The minimum atomic E-state index is -0.128. The van der Waals surface area contributed by atoms with Crippen molar-refractivity contribution in [3.63, 3.8) is 0 Å². The molecule has 1 aliphatic carbocycles. The van der Waals surface area contributed by atoms with E-state index in [4.69, 9.17) is 23.2 Å². The number of hydrogen-bond donors (Lipinski definition) is 2. The van der Waals surface area contributed by atoms with Crippen LogP contribution in [0.1, 0.15) is 49.9 Å². The van der Waals surface area contributed by atoms with Gasteiger partial charge in [0.2, 0.25) is 0 Å². The highest BCUT2D eigenvalue weighted by Crippen LogP contribution is 2.38. The fraction of sp³-hybridized carbons (Fsp3) is 0.407. The number of hydrogen-bond acceptors (Lipinski definition) is 5. The summed E-state index contributed by atoms with van der Waals surface area (Å²) in [6.45, 7) is 5.98. The topological polar surface area (TPSA) is 65.5 Å². The summed E-state index contributed by atoms with van der Waals surface area (Å²) in [7, 11) is 2.18. The quantitative estimate of drug-likeness (QED) is 0.282. The van der Waals surface area contributed by atoms with Gasteiger partial charge in [-0.05, 0) is 87.5 Å². The van der Waals surface area contributed by atoms with Crippen LogP contribution in [0.25, 0.3) is 22.0 Å². The Bertz CT molecular complexity index is 1190. The van der Waals surface area contributed by atoms with Crippen molar-refractivity contribution in [2.75, 3.05) is 25.5 Å². The molecule has 0 amide bonds. The van der Waals surface area contributed by atoms with E-state index < -0.39 is 0 Å². The first-order valence-corrected chi connectivity index (χ1v) is 12.6. The third kappa shape index (κ3) is 6.76. The lowest BCUT2D eigenvalue weighted by Crippen LogP contribution is -2.32. The van der Waals surface area contributed by atoms with Crippen LogP contribution in [0.4, 0.5) is 5.69 Å². The normalized spacial score (nSPS) is 17.4. The van der Waals surface area contributed by atoms with Crippen LogP contribution in [0.5, 0.6) is 5.75 Å². The van der Waals surface area contributed by atoms with Gasteiger partial charge < -0.3 is 15.3 Å². The van der Waals surface area contributed by atoms with Crippen LogP contribution in [0.15, 0.2) is 36.5 Å².